The number of halogens is 2. The number of aryl methyl sites for hydroxylation is 1. The van der Waals surface area contributed by atoms with E-state index in [0.717, 1.165) is 45.3 Å². The van der Waals surface area contributed by atoms with Crippen molar-refractivity contribution in [1.82, 2.24) is 24.3 Å². The van der Waals surface area contributed by atoms with Crippen molar-refractivity contribution in [2.24, 2.45) is 0 Å². The van der Waals surface area contributed by atoms with E-state index in [1.54, 1.807) is 6.07 Å². The minimum absolute atomic E-state index is 0.489. The van der Waals surface area contributed by atoms with Gasteiger partial charge in [-0.25, -0.2) is 15.0 Å². The highest BCUT2D eigenvalue weighted by Gasteiger charge is 2.15. The lowest BCUT2D eigenvalue weighted by molar-refractivity contribution is 0.340. The highest BCUT2D eigenvalue weighted by atomic mass is 35.5. The Balaban J connectivity index is 1.55. The van der Waals surface area contributed by atoms with Gasteiger partial charge < -0.3 is 9.72 Å². The van der Waals surface area contributed by atoms with E-state index >= 15 is 0 Å². The van der Waals surface area contributed by atoms with Crippen LogP contribution < -0.4 is 4.74 Å². The van der Waals surface area contributed by atoms with Gasteiger partial charge in [0.1, 0.15) is 17.2 Å². The fraction of sp³-hybridized carbons (Fsp3) is 0.174. The summed E-state index contributed by atoms with van der Waals surface area (Å²) in [6.45, 7) is 4.39. The summed E-state index contributed by atoms with van der Waals surface area (Å²) in [6.07, 6.45) is 2.57. The standard InChI is InChI=1S/C23H19Cl2N5O/c1-3-31-20-10-15(16(24)11-17(20)25)19-5-4-6-22-27-14(12-30(19)22)9-21-28-18-8-7-13(2)26-23(18)29-21/h4-8,10-12H,3,9H2,1-2H3,(H,26,28,29). The summed E-state index contributed by atoms with van der Waals surface area (Å²) in [4.78, 5) is 17.2. The molecule has 0 aliphatic heterocycles. The van der Waals surface area contributed by atoms with Gasteiger partial charge in [-0.3, -0.25) is 4.40 Å². The highest BCUT2D eigenvalue weighted by Crippen LogP contribution is 2.37. The Morgan fingerprint density at radius 1 is 1.03 bits per heavy atom. The van der Waals surface area contributed by atoms with E-state index in [0.29, 0.717) is 28.8 Å². The van der Waals surface area contributed by atoms with Crippen LogP contribution in [0, 0.1) is 6.92 Å². The van der Waals surface area contributed by atoms with Crippen LogP contribution in [0.3, 0.4) is 0 Å². The number of benzene rings is 1. The number of nitrogens with zero attached hydrogens (tertiary/aromatic N) is 4. The lowest BCUT2D eigenvalue weighted by atomic mass is 10.1. The molecule has 0 unspecified atom stereocenters. The summed E-state index contributed by atoms with van der Waals surface area (Å²) < 4.78 is 7.67. The molecule has 0 saturated heterocycles. The normalized spacial score (nSPS) is 11.5. The largest absolute Gasteiger partial charge is 0.492 e. The van der Waals surface area contributed by atoms with Crippen molar-refractivity contribution in [2.75, 3.05) is 6.61 Å². The van der Waals surface area contributed by atoms with Gasteiger partial charge in [-0.2, -0.15) is 0 Å². The second-order valence-electron chi connectivity index (χ2n) is 7.25. The molecule has 4 heterocycles. The minimum atomic E-state index is 0.489. The summed E-state index contributed by atoms with van der Waals surface area (Å²) in [6, 6.07) is 13.5. The number of H-pyrrole nitrogens is 1. The van der Waals surface area contributed by atoms with Crippen molar-refractivity contribution in [1.29, 1.82) is 0 Å². The Kier molecular flexibility index (Phi) is 5.04. The van der Waals surface area contributed by atoms with Crippen LogP contribution in [-0.2, 0) is 6.42 Å². The molecule has 156 valence electrons. The zero-order valence-electron chi connectivity index (χ0n) is 17.0. The molecule has 1 aromatic carbocycles. The van der Waals surface area contributed by atoms with Gasteiger partial charge in [0.25, 0.3) is 0 Å². The van der Waals surface area contributed by atoms with Crippen molar-refractivity contribution in [3.63, 3.8) is 0 Å². The molecule has 5 aromatic rings. The second-order valence-corrected chi connectivity index (χ2v) is 8.07. The SMILES string of the molecule is CCOc1cc(-c2cccc3nc(Cc4nc5nc(C)ccc5[nH]4)cn23)c(Cl)cc1Cl. The first-order chi connectivity index (χ1) is 15.0. The first-order valence-electron chi connectivity index (χ1n) is 9.93. The minimum Gasteiger partial charge on any atom is -0.492 e. The Morgan fingerprint density at radius 3 is 2.74 bits per heavy atom. The second kappa shape index (κ2) is 7.87. The third kappa shape index (κ3) is 3.73. The van der Waals surface area contributed by atoms with Crippen LogP contribution in [0.2, 0.25) is 10.0 Å². The molecule has 0 radical (unpaired) electrons. The maximum atomic E-state index is 6.54. The molecule has 0 amide bonds. The molecule has 5 rings (SSSR count). The Labute approximate surface area is 188 Å². The molecule has 6 nitrogen and oxygen atoms in total. The van der Waals surface area contributed by atoms with Crippen LogP contribution in [0.15, 0.2) is 48.7 Å². The van der Waals surface area contributed by atoms with Gasteiger partial charge in [0.15, 0.2) is 5.65 Å². The Bertz CT molecular complexity index is 1420. The van der Waals surface area contributed by atoms with Crippen molar-refractivity contribution in [2.45, 2.75) is 20.3 Å². The fourth-order valence-corrected chi connectivity index (χ4v) is 4.18. The van der Waals surface area contributed by atoms with Gasteiger partial charge in [-0.05, 0) is 50.2 Å². The number of imidazole rings is 2. The van der Waals surface area contributed by atoms with Crippen molar-refractivity contribution < 1.29 is 4.74 Å². The van der Waals surface area contributed by atoms with Crippen LogP contribution in [0.25, 0.3) is 28.1 Å². The molecule has 31 heavy (non-hydrogen) atoms. The third-order valence-electron chi connectivity index (χ3n) is 5.02. The zero-order valence-corrected chi connectivity index (χ0v) is 18.5. The van der Waals surface area contributed by atoms with E-state index in [1.807, 2.05) is 60.8 Å². The molecule has 0 fully saturated rings. The van der Waals surface area contributed by atoms with Crippen LogP contribution >= 0.6 is 23.2 Å². The molecule has 1 N–H and O–H groups in total. The maximum absolute atomic E-state index is 6.54. The zero-order chi connectivity index (χ0) is 21.5. The summed E-state index contributed by atoms with van der Waals surface area (Å²) in [5.74, 6) is 1.42. The number of rotatable bonds is 5. The van der Waals surface area contributed by atoms with Gasteiger partial charge in [0.05, 0.1) is 33.6 Å². The molecule has 0 atom stereocenters. The van der Waals surface area contributed by atoms with Crippen molar-refractivity contribution in [3.05, 3.63) is 75.9 Å². The molecule has 0 saturated carbocycles. The predicted octanol–water partition coefficient (Wildman–Crippen LogP) is 5.88. The Hall–Kier alpha value is -3.09. The van der Waals surface area contributed by atoms with Gasteiger partial charge >= 0.3 is 0 Å². The van der Waals surface area contributed by atoms with Crippen LogP contribution in [0.1, 0.15) is 24.1 Å². The molecule has 0 aliphatic rings. The molecule has 4 aromatic heterocycles. The molecule has 0 aliphatic carbocycles. The summed E-state index contributed by atoms with van der Waals surface area (Å²) >= 11 is 12.8. The number of aromatic amines is 1. The first kappa shape index (κ1) is 19.8. The topological polar surface area (TPSA) is 68.1 Å². The number of pyridine rings is 2. The van der Waals surface area contributed by atoms with Crippen molar-refractivity contribution >= 4 is 40.0 Å². The molecule has 8 heteroatoms. The number of nitrogens with one attached hydrogen (secondary N) is 1. The van der Waals surface area contributed by atoms with Gasteiger partial charge in [0, 0.05) is 23.9 Å². The average Bonchev–Trinajstić information content (AvgIpc) is 3.32. The fourth-order valence-electron chi connectivity index (χ4n) is 3.65. The maximum Gasteiger partial charge on any atom is 0.177 e. The van der Waals surface area contributed by atoms with Crippen LogP contribution in [0.4, 0.5) is 0 Å². The van der Waals surface area contributed by atoms with E-state index in [2.05, 4.69) is 15.0 Å². The van der Waals surface area contributed by atoms with E-state index in [9.17, 15) is 0 Å². The van der Waals surface area contributed by atoms with E-state index in [4.69, 9.17) is 32.9 Å². The number of ether oxygens (including phenoxy) is 1. The van der Waals surface area contributed by atoms with Crippen molar-refractivity contribution in [3.8, 4) is 17.0 Å². The van der Waals surface area contributed by atoms with E-state index < -0.39 is 0 Å². The van der Waals surface area contributed by atoms with E-state index in [1.165, 1.54) is 0 Å². The molecular formula is C23H19Cl2N5O. The van der Waals surface area contributed by atoms with Gasteiger partial charge in [-0.1, -0.05) is 29.3 Å². The first-order valence-corrected chi connectivity index (χ1v) is 10.7. The lowest BCUT2D eigenvalue weighted by Gasteiger charge is -2.12. The number of hydrogen-bond donors (Lipinski definition) is 1. The monoisotopic (exact) mass is 451 g/mol. The number of hydrogen-bond acceptors (Lipinski definition) is 4. The van der Waals surface area contributed by atoms with Gasteiger partial charge in [0.2, 0.25) is 0 Å². The highest BCUT2D eigenvalue weighted by molar-refractivity contribution is 6.37. The Morgan fingerprint density at radius 2 is 1.90 bits per heavy atom. The molecular weight excluding hydrogens is 433 g/mol. The van der Waals surface area contributed by atoms with Crippen LogP contribution in [-0.4, -0.2) is 30.9 Å². The average molecular weight is 452 g/mol. The quantitative estimate of drug-likeness (QED) is 0.362. The summed E-state index contributed by atoms with van der Waals surface area (Å²) in [5, 5.41) is 1.04. The van der Waals surface area contributed by atoms with Crippen LogP contribution in [0.5, 0.6) is 5.75 Å². The van der Waals surface area contributed by atoms with E-state index in [-0.39, 0.29) is 0 Å². The summed E-state index contributed by atoms with van der Waals surface area (Å²) in [5.41, 5.74) is 6.01. The predicted molar refractivity (Wildman–Crippen MR) is 123 cm³/mol. The lowest BCUT2D eigenvalue weighted by Crippen LogP contribution is -1.96. The number of aromatic nitrogens is 5. The molecule has 0 bridgehead atoms. The summed E-state index contributed by atoms with van der Waals surface area (Å²) in [7, 11) is 0. The number of fused-ring (bicyclic) bond motifs is 2. The van der Waals surface area contributed by atoms with Gasteiger partial charge in [-0.15, -0.1) is 0 Å². The smallest absolute Gasteiger partial charge is 0.177 e. The molecule has 0 spiro atoms. The third-order valence-corrected chi connectivity index (χ3v) is 5.63.